The number of rotatable bonds is 8. The first-order valence-electron chi connectivity index (χ1n) is 12.6. The number of carboxylic acid groups (broad SMARTS) is 2. The van der Waals surface area contributed by atoms with Crippen molar-refractivity contribution in [3.63, 3.8) is 0 Å². The van der Waals surface area contributed by atoms with Crippen molar-refractivity contribution < 1.29 is 55.6 Å². The molecule has 43 heavy (non-hydrogen) atoms. The van der Waals surface area contributed by atoms with Gasteiger partial charge in [-0.15, -0.1) is 0 Å². The summed E-state index contributed by atoms with van der Waals surface area (Å²) in [6.07, 6.45) is 0. The lowest BCUT2D eigenvalue weighted by molar-refractivity contribution is -0.176. The maximum Gasteiger partial charge on any atom is 0.336 e. The zero-order valence-electron chi connectivity index (χ0n) is 23.2. The van der Waals surface area contributed by atoms with E-state index in [4.69, 9.17) is 15.6 Å². The summed E-state index contributed by atoms with van der Waals surface area (Å²) >= 11 is 0. The molecule has 14 nitrogen and oxygen atoms in total. The molecule has 16 heteroatoms. The van der Waals surface area contributed by atoms with Gasteiger partial charge in [-0.2, -0.15) is 8.42 Å². The summed E-state index contributed by atoms with van der Waals surface area (Å²) in [6, 6.07) is 7.41. The van der Waals surface area contributed by atoms with Gasteiger partial charge in [0.1, 0.15) is 15.0 Å². The van der Waals surface area contributed by atoms with Crippen LogP contribution in [-0.2, 0) is 20.2 Å². The molecule has 2 aromatic carbocycles. The van der Waals surface area contributed by atoms with E-state index >= 15 is 0 Å². The zero-order chi connectivity index (χ0) is 32.4. The normalized spacial score (nSPS) is 11.9. The molecule has 0 fully saturated rings. The number of benzene rings is 3. The van der Waals surface area contributed by atoms with Crippen molar-refractivity contribution in [3.05, 3.63) is 58.9 Å². The molecule has 0 atom stereocenters. The lowest BCUT2D eigenvalue weighted by atomic mass is 9.89. The molecule has 0 unspecified atom stereocenters. The molecule has 0 radical (unpaired) electrons. The number of carbonyl (C=O) groups is 2. The molecule has 2 aromatic rings. The Balaban J connectivity index is 0.000000646. The minimum Gasteiger partial charge on any atom is -0.744 e. The third-order valence-corrected chi connectivity index (χ3v) is 8.50. The van der Waals surface area contributed by atoms with Crippen LogP contribution in [0.2, 0.25) is 0 Å². The standard InChI is InChI=1S/C21H14N2O11S2.C6H15N/c22-13-5-3-10-15(12-7-8(20(24)25)1-2-9(12)21(26)27)11-4-6-14(23)19(36(31,32)33)17(11)34-16(10)18(13)35(28,29)30;1-4-7(5-2)6-3/h1-7,22H,23H2,(H,24,25)(H,26,27)(H,28,29,30)(H,31,32,33);4-6H2,1-3H3. The van der Waals surface area contributed by atoms with E-state index < -0.39 is 69.9 Å². The van der Waals surface area contributed by atoms with Gasteiger partial charge < -0.3 is 29.8 Å². The van der Waals surface area contributed by atoms with Crippen LogP contribution in [0, 0.1) is 0 Å². The SMILES string of the molecule is CCN(CC)CC.Nc1ccc2c(-c3cc(C(=O)O)ccc3C(=O)O)c3ccc(=[NH2+])c(S(=O)(=O)O)c-3oc2c1S(=O)(=O)[O-]. The maximum absolute atomic E-state index is 12.2. The van der Waals surface area contributed by atoms with Gasteiger partial charge in [-0.3, -0.25) is 9.96 Å². The molecule has 0 aromatic heterocycles. The molecule has 7 N–H and O–H groups in total. The second-order valence-corrected chi connectivity index (χ2v) is 11.8. The fourth-order valence-corrected chi connectivity index (χ4v) is 6.04. The summed E-state index contributed by atoms with van der Waals surface area (Å²) in [5, 5.41) is 24.2. The number of nitrogen functional groups attached to an aromatic ring is 1. The number of nitrogens with two attached hydrogens (primary N) is 2. The Hall–Kier alpha value is -4.35. The van der Waals surface area contributed by atoms with Gasteiger partial charge in [-0.25, -0.2) is 18.0 Å². The van der Waals surface area contributed by atoms with Crippen LogP contribution in [0.15, 0.2) is 56.7 Å². The van der Waals surface area contributed by atoms with Gasteiger partial charge in [0.25, 0.3) is 0 Å². The Kier molecular flexibility index (Phi) is 9.63. The third-order valence-electron chi connectivity index (χ3n) is 6.64. The molecule has 0 bridgehead atoms. The predicted octanol–water partition coefficient (Wildman–Crippen LogP) is 1.34. The third kappa shape index (κ3) is 6.68. The summed E-state index contributed by atoms with van der Waals surface area (Å²) in [5.41, 5.74) is 2.83. The highest BCUT2D eigenvalue weighted by Crippen LogP contribution is 2.45. The quantitative estimate of drug-likeness (QED) is 0.104. The molecule has 1 aliphatic carbocycles. The summed E-state index contributed by atoms with van der Waals surface area (Å²) in [4.78, 5) is 23.9. The second-order valence-electron chi connectivity index (χ2n) is 9.12. The summed E-state index contributed by atoms with van der Waals surface area (Å²) < 4.78 is 75.8. The van der Waals surface area contributed by atoms with Crippen molar-refractivity contribution >= 4 is 48.8 Å². The molecular formula is C27H29N3O11S2. The van der Waals surface area contributed by atoms with Crippen LogP contribution in [0.3, 0.4) is 0 Å². The van der Waals surface area contributed by atoms with Crippen LogP contribution in [0.1, 0.15) is 41.5 Å². The molecule has 0 amide bonds. The van der Waals surface area contributed by atoms with E-state index in [1.54, 1.807) is 0 Å². The Bertz CT molecular complexity index is 1980. The maximum atomic E-state index is 12.2. The van der Waals surface area contributed by atoms with E-state index in [-0.39, 0.29) is 27.6 Å². The number of hydrogen-bond acceptors (Lipinski definition) is 10. The zero-order valence-corrected chi connectivity index (χ0v) is 24.8. The molecule has 2 aliphatic rings. The van der Waals surface area contributed by atoms with Crippen LogP contribution in [0.5, 0.6) is 0 Å². The van der Waals surface area contributed by atoms with Gasteiger partial charge in [0, 0.05) is 22.6 Å². The monoisotopic (exact) mass is 635 g/mol. The van der Waals surface area contributed by atoms with Crippen molar-refractivity contribution in [1.82, 2.24) is 4.90 Å². The Labute approximate surface area is 246 Å². The Morgan fingerprint density at radius 3 is 1.98 bits per heavy atom. The highest BCUT2D eigenvalue weighted by Gasteiger charge is 2.32. The average Bonchev–Trinajstić information content (AvgIpc) is 2.91. The van der Waals surface area contributed by atoms with E-state index in [0.29, 0.717) is 0 Å². The summed E-state index contributed by atoms with van der Waals surface area (Å²) in [6.45, 7) is 10.1. The second kappa shape index (κ2) is 12.5. The largest absolute Gasteiger partial charge is 0.744 e. The summed E-state index contributed by atoms with van der Waals surface area (Å²) in [5.74, 6) is -3.67. The smallest absolute Gasteiger partial charge is 0.336 e. The summed E-state index contributed by atoms with van der Waals surface area (Å²) in [7, 11) is -10.5. The molecule has 1 heterocycles. The minimum absolute atomic E-state index is 0.201. The Morgan fingerprint density at radius 1 is 0.907 bits per heavy atom. The number of aromatic carboxylic acids is 2. The van der Waals surface area contributed by atoms with Crippen LogP contribution in [0.25, 0.3) is 33.4 Å². The fraction of sp³-hybridized carbons (Fsp3) is 0.222. The number of nitrogens with zero attached hydrogens (tertiary/aromatic N) is 1. The van der Waals surface area contributed by atoms with Gasteiger partial charge in [0.2, 0.25) is 10.3 Å². The van der Waals surface area contributed by atoms with Gasteiger partial charge in [-0.05, 0) is 61.6 Å². The van der Waals surface area contributed by atoms with Crippen LogP contribution in [-0.4, -0.2) is 72.6 Å². The van der Waals surface area contributed by atoms with Crippen molar-refractivity contribution in [2.24, 2.45) is 0 Å². The average molecular weight is 636 g/mol. The lowest BCUT2D eigenvalue weighted by Crippen LogP contribution is -2.47. The highest BCUT2D eigenvalue weighted by atomic mass is 32.2. The van der Waals surface area contributed by atoms with Gasteiger partial charge >= 0.3 is 22.1 Å². The molecule has 4 rings (SSSR count). The number of carboxylic acids is 2. The molecule has 0 saturated heterocycles. The van der Waals surface area contributed by atoms with E-state index in [1.165, 1.54) is 31.8 Å². The first-order chi connectivity index (χ1) is 20.0. The van der Waals surface area contributed by atoms with E-state index in [0.717, 1.165) is 30.3 Å². The van der Waals surface area contributed by atoms with E-state index in [1.807, 2.05) is 0 Å². The molecule has 230 valence electrons. The molecule has 0 spiro atoms. The molecule has 1 aliphatic heterocycles. The van der Waals surface area contributed by atoms with Crippen molar-refractivity contribution in [1.29, 1.82) is 0 Å². The minimum atomic E-state index is -5.36. The van der Waals surface area contributed by atoms with Crippen LogP contribution >= 0.6 is 0 Å². The topological polar surface area (TPSA) is 254 Å². The Morgan fingerprint density at radius 2 is 1.51 bits per heavy atom. The first kappa shape index (κ1) is 33.2. The van der Waals surface area contributed by atoms with Crippen molar-refractivity contribution in [2.75, 3.05) is 25.4 Å². The van der Waals surface area contributed by atoms with E-state index in [2.05, 4.69) is 25.7 Å². The number of fused-ring (bicyclic) bond motifs is 2. The number of anilines is 1. The fourth-order valence-electron chi connectivity index (χ4n) is 4.55. The van der Waals surface area contributed by atoms with Gasteiger partial charge in [-0.1, -0.05) is 20.8 Å². The van der Waals surface area contributed by atoms with E-state index in [9.17, 15) is 45.7 Å². The molecular weight excluding hydrogens is 606 g/mol. The van der Waals surface area contributed by atoms with Gasteiger partial charge in [0.05, 0.1) is 16.8 Å². The molecule has 0 saturated carbocycles. The highest BCUT2D eigenvalue weighted by molar-refractivity contribution is 7.86. The van der Waals surface area contributed by atoms with Gasteiger partial charge in [0.15, 0.2) is 11.3 Å². The predicted molar refractivity (Wildman–Crippen MR) is 153 cm³/mol. The lowest BCUT2D eigenvalue weighted by Gasteiger charge is -2.20. The van der Waals surface area contributed by atoms with Crippen LogP contribution < -0.4 is 16.5 Å². The van der Waals surface area contributed by atoms with Crippen molar-refractivity contribution in [2.45, 2.75) is 30.6 Å². The number of hydrogen-bond donors (Lipinski definition) is 5. The van der Waals surface area contributed by atoms with Crippen molar-refractivity contribution in [3.8, 4) is 22.5 Å². The first-order valence-corrected chi connectivity index (χ1v) is 15.5. The van der Waals surface area contributed by atoms with Crippen LogP contribution in [0.4, 0.5) is 5.69 Å².